The zero-order valence-electron chi connectivity index (χ0n) is 11.2. The van der Waals surface area contributed by atoms with Gasteiger partial charge < -0.3 is 5.32 Å². The monoisotopic (exact) mass is 361 g/mol. The van der Waals surface area contributed by atoms with E-state index in [-0.39, 0.29) is 23.9 Å². The molecule has 1 N–H and O–H groups in total. The highest BCUT2D eigenvalue weighted by Gasteiger charge is 2.23. The van der Waals surface area contributed by atoms with Crippen molar-refractivity contribution in [3.8, 4) is 0 Å². The molecule has 1 aromatic carbocycles. The van der Waals surface area contributed by atoms with Crippen LogP contribution in [0.25, 0.3) is 0 Å². The van der Waals surface area contributed by atoms with Crippen molar-refractivity contribution >= 4 is 33.4 Å². The lowest BCUT2D eigenvalue weighted by Gasteiger charge is -2.21. The molecule has 110 valence electrons. The van der Waals surface area contributed by atoms with Crippen molar-refractivity contribution in [1.82, 2.24) is 5.32 Å². The number of alkyl halides is 1. The Hall–Kier alpha value is -0.610. The van der Waals surface area contributed by atoms with Crippen LogP contribution in [-0.4, -0.2) is 16.8 Å². The molecule has 0 aromatic heterocycles. The molecule has 2 unspecified atom stereocenters. The van der Waals surface area contributed by atoms with Gasteiger partial charge in [0.15, 0.2) is 0 Å². The number of benzene rings is 1. The molecule has 1 saturated carbocycles. The Bertz CT molecular complexity index is 463. The first kappa shape index (κ1) is 15.8. The van der Waals surface area contributed by atoms with E-state index in [4.69, 9.17) is 11.6 Å². The summed E-state index contributed by atoms with van der Waals surface area (Å²) >= 11 is 9.57. The Kier molecular flexibility index (Phi) is 5.85. The van der Waals surface area contributed by atoms with E-state index in [0.29, 0.717) is 9.85 Å². The Morgan fingerprint density at radius 1 is 1.35 bits per heavy atom. The standard InChI is InChI=1S/C15H18BrClFNO/c16-11-5-2-1-3-8-14(11)19-15(20)9-10-12(17)6-4-7-13(10)18/h4,6-7,11,14H,1-3,5,8-9H2,(H,19,20). The third kappa shape index (κ3) is 4.19. The maximum Gasteiger partial charge on any atom is 0.224 e. The summed E-state index contributed by atoms with van der Waals surface area (Å²) in [6, 6.07) is 4.59. The van der Waals surface area contributed by atoms with Crippen molar-refractivity contribution < 1.29 is 9.18 Å². The highest BCUT2D eigenvalue weighted by Crippen LogP contribution is 2.24. The fourth-order valence-electron chi connectivity index (χ4n) is 2.54. The van der Waals surface area contributed by atoms with Gasteiger partial charge in [-0.3, -0.25) is 4.79 Å². The van der Waals surface area contributed by atoms with Gasteiger partial charge in [0.1, 0.15) is 5.82 Å². The molecule has 0 aliphatic heterocycles. The van der Waals surface area contributed by atoms with E-state index < -0.39 is 5.82 Å². The molecule has 1 amide bonds. The van der Waals surface area contributed by atoms with E-state index in [9.17, 15) is 9.18 Å². The second-order valence-corrected chi connectivity index (χ2v) is 6.79. The third-order valence-electron chi connectivity index (χ3n) is 3.68. The van der Waals surface area contributed by atoms with E-state index >= 15 is 0 Å². The fraction of sp³-hybridized carbons (Fsp3) is 0.533. The van der Waals surface area contributed by atoms with Gasteiger partial charge in [0.2, 0.25) is 5.91 Å². The van der Waals surface area contributed by atoms with Crippen LogP contribution in [-0.2, 0) is 11.2 Å². The van der Waals surface area contributed by atoms with Crippen LogP contribution in [0.1, 0.15) is 37.7 Å². The predicted molar refractivity (Wildman–Crippen MR) is 82.8 cm³/mol. The summed E-state index contributed by atoms with van der Waals surface area (Å²) in [5.74, 6) is -0.600. The van der Waals surface area contributed by atoms with Gasteiger partial charge in [0.05, 0.1) is 6.42 Å². The van der Waals surface area contributed by atoms with Crippen LogP contribution in [0.2, 0.25) is 5.02 Å². The normalized spacial score (nSPS) is 23.1. The number of amides is 1. The molecule has 5 heteroatoms. The summed E-state index contributed by atoms with van der Waals surface area (Å²) in [5.41, 5.74) is 0.270. The predicted octanol–water partition coefficient (Wildman–Crippen LogP) is 4.23. The van der Waals surface area contributed by atoms with Gasteiger partial charge in [0.25, 0.3) is 0 Å². The average molecular weight is 363 g/mol. The summed E-state index contributed by atoms with van der Waals surface area (Å²) in [6.07, 6.45) is 5.52. The highest BCUT2D eigenvalue weighted by molar-refractivity contribution is 9.09. The van der Waals surface area contributed by atoms with E-state index in [1.165, 1.54) is 18.9 Å². The number of carbonyl (C=O) groups excluding carboxylic acids is 1. The number of hydrogen-bond donors (Lipinski definition) is 1. The Labute approximate surface area is 132 Å². The van der Waals surface area contributed by atoms with Gasteiger partial charge >= 0.3 is 0 Å². The second kappa shape index (κ2) is 7.41. The van der Waals surface area contributed by atoms with Gasteiger partial charge in [-0.15, -0.1) is 0 Å². The minimum absolute atomic E-state index is 0.0122. The lowest BCUT2D eigenvalue weighted by Crippen LogP contribution is -2.41. The SMILES string of the molecule is O=C(Cc1c(F)cccc1Cl)NC1CCCCCC1Br. The maximum absolute atomic E-state index is 13.7. The minimum Gasteiger partial charge on any atom is -0.352 e. The Morgan fingerprint density at radius 3 is 2.85 bits per heavy atom. The molecule has 0 heterocycles. The first-order chi connectivity index (χ1) is 9.58. The molecule has 1 fully saturated rings. The van der Waals surface area contributed by atoms with Gasteiger partial charge in [-0.1, -0.05) is 52.9 Å². The molecule has 2 nitrogen and oxygen atoms in total. The summed E-state index contributed by atoms with van der Waals surface area (Å²) in [4.78, 5) is 12.4. The third-order valence-corrected chi connectivity index (χ3v) is 5.13. The first-order valence-electron chi connectivity index (χ1n) is 6.94. The quantitative estimate of drug-likeness (QED) is 0.632. The molecule has 0 spiro atoms. The van der Waals surface area contributed by atoms with Crippen LogP contribution >= 0.6 is 27.5 Å². The Morgan fingerprint density at radius 2 is 2.10 bits per heavy atom. The van der Waals surface area contributed by atoms with E-state index in [1.54, 1.807) is 12.1 Å². The number of carbonyl (C=O) groups is 1. The second-order valence-electron chi connectivity index (χ2n) is 5.20. The van der Waals surface area contributed by atoms with Gasteiger partial charge in [-0.05, 0) is 25.0 Å². The molecule has 0 saturated heterocycles. The lowest BCUT2D eigenvalue weighted by molar-refractivity contribution is -0.121. The summed E-state index contributed by atoms with van der Waals surface area (Å²) in [6.45, 7) is 0. The van der Waals surface area contributed by atoms with Crippen LogP contribution in [0.4, 0.5) is 4.39 Å². The highest BCUT2D eigenvalue weighted by atomic mass is 79.9. The number of nitrogens with one attached hydrogen (secondary N) is 1. The molecule has 20 heavy (non-hydrogen) atoms. The van der Waals surface area contributed by atoms with Gasteiger partial charge in [0, 0.05) is 21.5 Å². The van der Waals surface area contributed by atoms with Crippen molar-refractivity contribution in [3.05, 3.63) is 34.6 Å². The van der Waals surface area contributed by atoms with Crippen LogP contribution in [0.5, 0.6) is 0 Å². The summed E-state index contributed by atoms with van der Waals surface area (Å²) < 4.78 is 13.7. The van der Waals surface area contributed by atoms with Crippen LogP contribution in [0.3, 0.4) is 0 Å². The molecule has 1 aliphatic carbocycles. The zero-order valence-corrected chi connectivity index (χ0v) is 13.5. The number of hydrogen-bond acceptors (Lipinski definition) is 1. The molecule has 1 aromatic rings. The van der Waals surface area contributed by atoms with Crippen molar-refractivity contribution in [2.75, 3.05) is 0 Å². The minimum atomic E-state index is -0.427. The van der Waals surface area contributed by atoms with Crippen LogP contribution in [0, 0.1) is 5.82 Å². The zero-order chi connectivity index (χ0) is 14.5. The molecule has 0 bridgehead atoms. The van der Waals surface area contributed by atoms with Crippen LogP contribution in [0.15, 0.2) is 18.2 Å². The van der Waals surface area contributed by atoms with Crippen molar-refractivity contribution in [2.24, 2.45) is 0 Å². The van der Waals surface area contributed by atoms with Crippen molar-refractivity contribution in [1.29, 1.82) is 0 Å². The van der Waals surface area contributed by atoms with Crippen LogP contribution < -0.4 is 5.32 Å². The van der Waals surface area contributed by atoms with Gasteiger partial charge in [-0.25, -0.2) is 4.39 Å². The Balaban J connectivity index is 1.98. The maximum atomic E-state index is 13.7. The largest absolute Gasteiger partial charge is 0.352 e. The summed E-state index contributed by atoms with van der Waals surface area (Å²) in [5, 5.41) is 3.30. The smallest absolute Gasteiger partial charge is 0.224 e. The molecule has 2 rings (SSSR count). The molecular formula is C15H18BrClFNO. The fourth-order valence-corrected chi connectivity index (χ4v) is 3.49. The number of halogens is 3. The topological polar surface area (TPSA) is 29.1 Å². The van der Waals surface area contributed by atoms with E-state index in [0.717, 1.165) is 19.3 Å². The van der Waals surface area contributed by atoms with E-state index in [1.807, 2.05) is 0 Å². The molecule has 1 aliphatic rings. The first-order valence-corrected chi connectivity index (χ1v) is 8.23. The van der Waals surface area contributed by atoms with E-state index in [2.05, 4.69) is 21.2 Å². The summed E-state index contributed by atoms with van der Waals surface area (Å²) in [7, 11) is 0. The van der Waals surface area contributed by atoms with Crippen molar-refractivity contribution in [2.45, 2.75) is 49.4 Å². The van der Waals surface area contributed by atoms with Gasteiger partial charge in [-0.2, -0.15) is 0 Å². The number of rotatable bonds is 3. The lowest BCUT2D eigenvalue weighted by atomic mass is 10.1. The molecule has 2 atom stereocenters. The molecule has 0 radical (unpaired) electrons. The van der Waals surface area contributed by atoms with Crippen molar-refractivity contribution in [3.63, 3.8) is 0 Å². The average Bonchev–Trinajstić information content (AvgIpc) is 2.60. The molecular weight excluding hydrogens is 345 g/mol.